The summed E-state index contributed by atoms with van der Waals surface area (Å²) in [5, 5.41) is 6.99. The number of hydrogen-bond acceptors (Lipinski definition) is 2. The maximum Gasteiger partial charge on any atom is 0.171 e. The molecular formula is C17H20N2OS. The molecule has 0 bridgehead atoms. The Kier molecular flexibility index (Phi) is 5.58. The predicted octanol–water partition coefficient (Wildman–Crippen LogP) is 3.88. The fourth-order valence-electron chi connectivity index (χ4n) is 2.02. The molecule has 0 spiro atoms. The molecule has 2 rings (SSSR count). The zero-order chi connectivity index (χ0) is 15.1. The van der Waals surface area contributed by atoms with Gasteiger partial charge in [0.2, 0.25) is 0 Å². The monoisotopic (exact) mass is 300 g/mol. The number of hydrogen-bond donors (Lipinski definition) is 2. The zero-order valence-corrected chi connectivity index (χ0v) is 13.2. The van der Waals surface area contributed by atoms with E-state index in [1.54, 1.807) is 0 Å². The quantitative estimate of drug-likeness (QED) is 0.821. The molecular weight excluding hydrogens is 280 g/mol. The summed E-state index contributed by atoms with van der Waals surface area (Å²) < 4.78 is 5.60. The lowest BCUT2D eigenvalue weighted by Crippen LogP contribution is -2.28. The Bertz CT molecular complexity index is 613. The zero-order valence-electron chi connectivity index (χ0n) is 12.3. The van der Waals surface area contributed by atoms with E-state index in [-0.39, 0.29) is 0 Å². The van der Waals surface area contributed by atoms with Crippen LogP contribution in [0.25, 0.3) is 0 Å². The molecule has 21 heavy (non-hydrogen) atoms. The standard InChI is InChI=1S/C17H20N2OS/c1-3-20-16-10-5-4-8-14(16)12-18-17(21)19-15-9-6-7-13(2)11-15/h4-11H,3,12H2,1-2H3,(H2,18,19,21). The van der Waals surface area contributed by atoms with Gasteiger partial charge in [0, 0.05) is 17.8 Å². The number of anilines is 1. The molecule has 2 aromatic rings. The Morgan fingerprint density at radius 1 is 1.14 bits per heavy atom. The Balaban J connectivity index is 1.92. The molecule has 0 unspecified atom stereocenters. The number of benzene rings is 2. The first-order valence-corrected chi connectivity index (χ1v) is 7.42. The van der Waals surface area contributed by atoms with Gasteiger partial charge < -0.3 is 15.4 Å². The van der Waals surface area contributed by atoms with Crippen LogP contribution in [0.4, 0.5) is 5.69 Å². The highest BCUT2D eigenvalue weighted by Crippen LogP contribution is 2.17. The van der Waals surface area contributed by atoms with Crippen LogP contribution in [0, 0.1) is 6.92 Å². The summed E-state index contributed by atoms with van der Waals surface area (Å²) >= 11 is 5.32. The number of thiocarbonyl (C=S) groups is 1. The highest BCUT2D eigenvalue weighted by atomic mass is 32.1. The molecule has 0 heterocycles. The number of nitrogens with one attached hydrogen (secondary N) is 2. The van der Waals surface area contributed by atoms with Crippen molar-refractivity contribution in [1.82, 2.24) is 5.32 Å². The van der Waals surface area contributed by atoms with Crippen LogP contribution in [0.3, 0.4) is 0 Å². The van der Waals surface area contributed by atoms with E-state index in [9.17, 15) is 0 Å². The Hall–Kier alpha value is -2.07. The van der Waals surface area contributed by atoms with E-state index in [1.165, 1.54) is 5.56 Å². The third-order valence-corrected chi connectivity index (χ3v) is 3.23. The fourth-order valence-corrected chi connectivity index (χ4v) is 2.21. The van der Waals surface area contributed by atoms with Crippen LogP contribution in [-0.2, 0) is 6.54 Å². The van der Waals surface area contributed by atoms with Gasteiger partial charge in [-0.15, -0.1) is 0 Å². The SMILES string of the molecule is CCOc1ccccc1CNC(=S)Nc1cccc(C)c1. The maximum absolute atomic E-state index is 5.60. The number of para-hydroxylation sites is 1. The second-order valence-electron chi connectivity index (χ2n) is 4.72. The first-order valence-electron chi connectivity index (χ1n) is 7.01. The topological polar surface area (TPSA) is 33.3 Å². The summed E-state index contributed by atoms with van der Waals surface area (Å²) in [7, 11) is 0. The molecule has 0 saturated carbocycles. The molecule has 0 aliphatic rings. The summed E-state index contributed by atoms with van der Waals surface area (Å²) in [5.74, 6) is 0.894. The lowest BCUT2D eigenvalue weighted by atomic mass is 10.2. The van der Waals surface area contributed by atoms with E-state index in [2.05, 4.69) is 29.7 Å². The minimum atomic E-state index is 0.604. The molecule has 2 aromatic carbocycles. The molecule has 0 aromatic heterocycles. The molecule has 2 N–H and O–H groups in total. The van der Waals surface area contributed by atoms with Crippen LogP contribution in [0.1, 0.15) is 18.1 Å². The highest BCUT2D eigenvalue weighted by molar-refractivity contribution is 7.80. The molecule has 0 saturated heterocycles. The molecule has 0 atom stereocenters. The van der Waals surface area contributed by atoms with Gasteiger partial charge in [-0.25, -0.2) is 0 Å². The Labute approximate surface area is 131 Å². The van der Waals surface area contributed by atoms with Crippen LogP contribution in [0.15, 0.2) is 48.5 Å². The number of ether oxygens (including phenoxy) is 1. The van der Waals surface area contributed by atoms with E-state index in [0.29, 0.717) is 18.3 Å². The van der Waals surface area contributed by atoms with Crippen LogP contribution < -0.4 is 15.4 Å². The van der Waals surface area contributed by atoms with Gasteiger partial charge in [0.15, 0.2) is 5.11 Å². The van der Waals surface area contributed by atoms with E-state index in [0.717, 1.165) is 17.0 Å². The van der Waals surface area contributed by atoms with Crippen molar-refractivity contribution in [2.24, 2.45) is 0 Å². The van der Waals surface area contributed by atoms with Gasteiger partial charge in [-0.2, -0.15) is 0 Å². The summed E-state index contributed by atoms with van der Waals surface area (Å²) in [6.07, 6.45) is 0. The van der Waals surface area contributed by atoms with Gasteiger partial charge in [0.05, 0.1) is 6.61 Å². The maximum atomic E-state index is 5.60. The summed E-state index contributed by atoms with van der Waals surface area (Å²) in [6.45, 7) is 5.32. The summed E-state index contributed by atoms with van der Waals surface area (Å²) in [5.41, 5.74) is 3.28. The smallest absolute Gasteiger partial charge is 0.171 e. The van der Waals surface area contributed by atoms with Crippen molar-refractivity contribution in [3.8, 4) is 5.75 Å². The van der Waals surface area contributed by atoms with Crippen LogP contribution in [0.2, 0.25) is 0 Å². The fraction of sp³-hybridized carbons (Fsp3) is 0.235. The van der Waals surface area contributed by atoms with Crippen LogP contribution in [-0.4, -0.2) is 11.7 Å². The van der Waals surface area contributed by atoms with Crippen molar-refractivity contribution >= 4 is 23.0 Å². The molecule has 0 radical (unpaired) electrons. The van der Waals surface area contributed by atoms with Crippen molar-refractivity contribution < 1.29 is 4.74 Å². The first kappa shape index (κ1) is 15.3. The second-order valence-corrected chi connectivity index (χ2v) is 5.13. The number of aryl methyl sites for hydroxylation is 1. The van der Waals surface area contributed by atoms with Gasteiger partial charge in [-0.3, -0.25) is 0 Å². The van der Waals surface area contributed by atoms with Gasteiger partial charge >= 0.3 is 0 Å². The minimum Gasteiger partial charge on any atom is -0.494 e. The molecule has 0 aliphatic heterocycles. The van der Waals surface area contributed by atoms with Gasteiger partial charge in [0.25, 0.3) is 0 Å². The lowest BCUT2D eigenvalue weighted by molar-refractivity contribution is 0.336. The van der Waals surface area contributed by atoms with Crippen molar-refractivity contribution in [2.45, 2.75) is 20.4 Å². The molecule has 3 nitrogen and oxygen atoms in total. The lowest BCUT2D eigenvalue weighted by Gasteiger charge is -2.13. The normalized spacial score (nSPS) is 10.0. The molecule has 0 aliphatic carbocycles. The molecule has 110 valence electrons. The predicted molar refractivity (Wildman–Crippen MR) is 91.9 cm³/mol. The Morgan fingerprint density at radius 3 is 2.71 bits per heavy atom. The largest absolute Gasteiger partial charge is 0.494 e. The highest BCUT2D eigenvalue weighted by Gasteiger charge is 2.03. The van der Waals surface area contributed by atoms with Crippen LogP contribution in [0.5, 0.6) is 5.75 Å². The van der Waals surface area contributed by atoms with E-state index >= 15 is 0 Å². The van der Waals surface area contributed by atoms with Crippen molar-refractivity contribution in [3.05, 3.63) is 59.7 Å². The Morgan fingerprint density at radius 2 is 1.95 bits per heavy atom. The van der Waals surface area contributed by atoms with E-state index < -0.39 is 0 Å². The summed E-state index contributed by atoms with van der Waals surface area (Å²) in [6, 6.07) is 16.1. The van der Waals surface area contributed by atoms with E-state index in [4.69, 9.17) is 17.0 Å². The molecule has 0 amide bonds. The second kappa shape index (κ2) is 7.64. The van der Waals surface area contributed by atoms with Gasteiger partial charge in [-0.05, 0) is 49.8 Å². The van der Waals surface area contributed by atoms with Gasteiger partial charge in [0.1, 0.15) is 5.75 Å². The van der Waals surface area contributed by atoms with Gasteiger partial charge in [-0.1, -0.05) is 30.3 Å². The van der Waals surface area contributed by atoms with Crippen molar-refractivity contribution in [1.29, 1.82) is 0 Å². The van der Waals surface area contributed by atoms with Crippen LogP contribution >= 0.6 is 12.2 Å². The first-order chi connectivity index (χ1) is 10.2. The average Bonchev–Trinajstić information content (AvgIpc) is 2.47. The third kappa shape index (κ3) is 4.76. The molecule has 4 heteroatoms. The van der Waals surface area contributed by atoms with E-state index in [1.807, 2.05) is 43.3 Å². The summed E-state index contributed by atoms with van der Waals surface area (Å²) in [4.78, 5) is 0. The number of rotatable bonds is 5. The average molecular weight is 300 g/mol. The minimum absolute atomic E-state index is 0.604. The third-order valence-electron chi connectivity index (χ3n) is 2.99. The van der Waals surface area contributed by atoms with Crippen molar-refractivity contribution in [3.63, 3.8) is 0 Å². The van der Waals surface area contributed by atoms with Crippen molar-refractivity contribution in [2.75, 3.05) is 11.9 Å². The molecule has 0 fully saturated rings.